The van der Waals surface area contributed by atoms with Crippen LogP contribution in [-0.4, -0.2) is 105 Å². The Morgan fingerprint density at radius 3 is 2.24 bits per heavy atom. The summed E-state index contributed by atoms with van der Waals surface area (Å²) >= 11 is 3.20. The molecule has 2 saturated heterocycles. The minimum absolute atomic E-state index is 0.0334. The minimum Gasteiger partial charge on any atom is -0.370 e. The van der Waals surface area contributed by atoms with Gasteiger partial charge >= 0.3 is 0 Å². The smallest absolute Gasteiger partial charge is 0.246 e. The molecule has 0 spiro atoms. The highest BCUT2D eigenvalue weighted by Crippen LogP contribution is 2.34. The van der Waals surface area contributed by atoms with Crippen LogP contribution < -0.4 is 32.3 Å². The Morgan fingerprint density at radius 2 is 1.47 bits per heavy atom. The molecule has 8 rings (SSSR count). The average molecular weight is 963 g/mol. The maximum absolute atomic E-state index is 15.3. The third kappa shape index (κ3) is 12.0. The molecule has 0 bridgehead atoms. The number of rotatable bonds is 8. The minimum atomic E-state index is -1.42. The predicted molar refractivity (Wildman–Crippen MR) is 259 cm³/mol. The lowest BCUT2D eigenvalue weighted by molar-refractivity contribution is -0.144. The van der Waals surface area contributed by atoms with Crippen molar-refractivity contribution in [3.8, 4) is 21.7 Å². The van der Waals surface area contributed by atoms with Crippen molar-refractivity contribution in [1.82, 2.24) is 46.5 Å². The van der Waals surface area contributed by atoms with E-state index in [1.165, 1.54) is 4.90 Å². The van der Waals surface area contributed by atoms with Crippen LogP contribution in [0, 0.1) is 5.92 Å². The number of carbonyl (C=O) groups excluding carboxylic acids is 7. The average Bonchev–Trinajstić information content (AvgIpc) is 4.20. The van der Waals surface area contributed by atoms with Gasteiger partial charge in [0.05, 0.1) is 18.7 Å². The fourth-order valence-electron chi connectivity index (χ4n) is 9.48. The molecule has 3 aromatic heterocycles. The lowest BCUT2D eigenvalue weighted by atomic mass is 9.83. The van der Waals surface area contributed by atoms with Crippen molar-refractivity contribution in [1.29, 1.82) is 0 Å². The van der Waals surface area contributed by atoms with Gasteiger partial charge in [-0.1, -0.05) is 73.0 Å². The number of primary amides is 1. The molecule has 1 aliphatic carbocycles. The lowest BCUT2D eigenvalue weighted by Gasteiger charge is -2.35. The number of nitrogens with one attached hydrogen (secondary N) is 5. The summed E-state index contributed by atoms with van der Waals surface area (Å²) < 4.78 is 2.71. The Hall–Kier alpha value is -6.47. The summed E-state index contributed by atoms with van der Waals surface area (Å²) in [5.74, 6) is -4.37. The molecule has 7 amide bonds. The van der Waals surface area contributed by atoms with Gasteiger partial charge < -0.3 is 37.2 Å². The van der Waals surface area contributed by atoms with Crippen molar-refractivity contribution in [3.05, 3.63) is 83.2 Å². The van der Waals surface area contributed by atoms with E-state index >= 15 is 4.79 Å². The van der Waals surface area contributed by atoms with Gasteiger partial charge in [-0.2, -0.15) is 0 Å². The molecule has 19 heteroatoms. The summed E-state index contributed by atoms with van der Waals surface area (Å²) in [7, 11) is 0. The van der Waals surface area contributed by atoms with Gasteiger partial charge in [0.1, 0.15) is 29.9 Å². The fourth-order valence-corrected chi connectivity index (χ4v) is 11.2. The highest BCUT2D eigenvalue weighted by atomic mass is 32.1. The molecular formula is C49H58N10O7S2. The van der Waals surface area contributed by atoms with Crippen molar-refractivity contribution >= 4 is 74.1 Å². The first-order valence-corrected chi connectivity index (χ1v) is 25.3. The highest BCUT2D eigenvalue weighted by Gasteiger charge is 2.46. The quantitative estimate of drug-likeness (QED) is 0.129. The molecule has 17 nitrogen and oxygen atoms in total. The summed E-state index contributed by atoms with van der Waals surface area (Å²) in [6, 6.07) is 14.8. The van der Waals surface area contributed by atoms with E-state index in [0.717, 1.165) is 50.9 Å². The summed E-state index contributed by atoms with van der Waals surface area (Å²) in [6.45, 7) is 0.728. The van der Waals surface area contributed by atoms with Crippen LogP contribution in [0.3, 0.4) is 0 Å². The van der Waals surface area contributed by atoms with Crippen LogP contribution in [-0.2, 0) is 40.0 Å². The summed E-state index contributed by atoms with van der Waals surface area (Å²) in [5.41, 5.74) is 8.98. The molecule has 3 aliphatic rings. The molecule has 2 aliphatic heterocycles. The largest absolute Gasteiger partial charge is 0.370 e. The topological polar surface area (TPSA) is 240 Å². The third-order valence-corrected chi connectivity index (χ3v) is 15.1. The zero-order chi connectivity index (χ0) is 47.6. The number of carbonyl (C=O) groups is 7. The highest BCUT2D eigenvalue weighted by molar-refractivity contribution is 7.17. The number of hydrogen-bond acceptors (Lipinski definition) is 11. The van der Waals surface area contributed by atoms with Crippen molar-refractivity contribution < 1.29 is 33.6 Å². The Balaban J connectivity index is 1.12. The predicted octanol–water partition coefficient (Wildman–Crippen LogP) is 4.38. The Labute approximate surface area is 402 Å². The van der Waals surface area contributed by atoms with E-state index in [1.807, 2.05) is 65.4 Å². The molecule has 1 saturated carbocycles. The van der Waals surface area contributed by atoms with E-state index in [2.05, 4.69) is 43.0 Å². The molecule has 3 fully saturated rings. The molecule has 2 aromatic carbocycles. The van der Waals surface area contributed by atoms with E-state index in [-0.39, 0.29) is 50.0 Å². The monoisotopic (exact) mass is 962 g/mol. The number of fused-ring (bicyclic) bond motifs is 2. The Kier molecular flexibility index (Phi) is 15.9. The molecule has 5 heterocycles. The van der Waals surface area contributed by atoms with Crippen LogP contribution in [0.2, 0.25) is 0 Å². The zero-order valence-corrected chi connectivity index (χ0v) is 39.5. The molecule has 0 radical (unpaired) electrons. The second-order valence-electron chi connectivity index (χ2n) is 17.9. The van der Waals surface area contributed by atoms with E-state index in [0.29, 0.717) is 50.9 Å². The van der Waals surface area contributed by atoms with Crippen LogP contribution >= 0.6 is 22.7 Å². The second-order valence-corrected chi connectivity index (χ2v) is 19.8. The summed E-state index contributed by atoms with van der Waals surface area (Å²) in [6.07, 6.45) is 6.91. The molecule has 68 heavy (non-hydrogen) atoms. The number of nitrogens with two attached hydrogens (primary N) is 1. The Morgan fingerprint density at radius 1 is 0.735 bits per heavy atom. The number of amides is 7. The van der Waals surface area contributed by atoms with E-state index < -0.39 is 66.2 Å². The van der Waals surface area contributed by atoms with Crippen molar-refractivity contribution in [2.24, 2.45) is 11.7 Å². The maximum Gasteiger partial charge on any atom is 0.246 e. The van der Waals surface area contributed by atoms with Gasteiger partial charge in [-0.3, -0.25) is 33.6 Å². The van der Waals surface area contributed by atoms with Crippen LogP contribution in [0.1, 0.15) is 88.7 Å². The van der Waals surface area contributed by atoms with E-state index in [1.54, 1.807) is 33.6 Å². The molecule has 7 N–H and O–H groups in total. The first-order valence-electron chi connectivity index (χ1n) is 23.5. The first kappa shape index (κ1) is 48.0. The molecular weight excluding hydrogens is 905 g/mol. The van der Waals surface area contributed by atoms with Gasteiger partial charge in [-0.25, -0.2) is 4.68 Å². The third-order valence-electron chi connectivity index (χ3n) is 13.1. The van der Waals surface area contributed by atoms with Gasteiger partial charge in [0.2, 0.25) is 41.4 Å². The maximum atomic E-state index is 15.3. The summed E-state index contributed by atoms with van der Waals surface area (Å²) in [4.78, 5) is 99.2. The molecule has 5 aromatic rings. The van der Waals surface area contributed by atoms with Gasteiger partial charge in [0.25, 0.3) is 0 Å². The van der Waals surface area contributed by atoms with Gasteiger partial charge in [-0.05, 0) is 77.4 Å². The normalized spacial score (nSPS) is 23.5. The molecule has 5 atom stereocenters. The number of hydrogen-bond donors (Lipinski definition) is 6. The van der Waals surface area contributed by atoms with Crippen molar-refractivity contribution in [3.63, 3.8) is 0 Å². The van der Waals surface area contributed by atoms with Crippen LogP contribution in [0.25, 0.3) is 31.8 Å². The van der Waals surface area contributed by atoms with Crippen LogP contribution in [0.15, 0.2) is 77.6 Å². The van der Waals surface area contributed by atoms with Crippen molar-refractivity contribution in [2.45, 2.75) is 114 Å². The SMILES string of the molecule is NC(=O)C[C@@H]1NC(=O)CCC(=O)NCCCCCNC(=O)[C@H](Cc2csc3ccccc23)NC(=O)[C@@H]2C[C@H](n3cc(-c4ccc(-c5cccs5)cc4)nn3)CN2C(=O)[C@H](C2CCCCC2)NC1=O. The van der Waals surface area contributed by atoms with Crippen molar-refractivity contribution in [2.75, 3.05) is 19.6 Å². The second kappa shape index (κ2) is 22.6. The molecule has 0 unspecified atom stereocenters. The fraction of sp³-hybridized carbons (Fsp3) is 0.449. The first-order chi connectivity index (χ1) is 33.0. The van der Waals surface area contributed by atoms with E-state index in [4.69, 9.17) is 5.73 Å². The number of aromatic nitrogens is 3. The molecule has 358 valence electrons. The number of benzene rings is 2. The lowest BCUT2D eigenvalue weighted by Crippen LogP contribution is -2.60. The van der Waals surface area contributed by atoms with Crippen LogP contribution in [0.5, 0.6) is 0 Å². The van der Waals surface area contributed by atoms with Gasteiger partial charge in [-0.15, -0.1) is 27.8 Å². The standard InChI is InChI=1S/C49H58N10O7S2/c50-42(60)26-37-47(64)55-45(32-10-3-1-4-11-32)49(66)58-27-34(59-28-38(56-57-59)30-15-17-31(18-16-30)40-14-9-23-67-40)25-39(58)48(65)54-36(24-33-29-68-41-13-6-5-12-35(33)41)46(63)52-22-8-2-7-21-51-43(61)19-20-44(62)53-37/h5-6,9,12-18,23,28-29,32,34,36-37,39,45H,1-4,7-8,10-11,19-22,24-27H2,(H2,50,60)(H,51,61)(H,52,63)(H,53,62)(H,54,65)(H,55,64)/t34-,36-,37-,39-,45-/m0/s1. The van der Waals surface area contributed by atoms with Crippen LogP contribution in [0.4, 0.5) is 0 Å². The van der Waals surface area contributed by atoms with Gasteiger partial charge in [0, 0.05) is 60.5 Å². The van der Waals surface area contributed by atoms with E-state index in [9.17, 15) is 28.8 Å². The number of nitrogens with zero attached hydrogens (tertiary/aromatic N) is 4. The zero-order valence-electron chi connectivity index (χ0n) is 37.8. The Bertz CT molecular complexity index is 2590. The number of thiophene rings is 2. The van der Waals surface area contributed by atoms with Gasteiger partial charge in [0.15, 0.2) is 0 Å². The summed E-state index contributed by atoms with van der Waals surface area (Å²) in [5, 5.41) is 28.3.